The molecule has 5 N–H and O–H groups in total. The number of nitrogens with one attached hydrogen (secondary N) is 2. The van der Waals surface area contributed by atoms with E-state index in [2.05, 4.69) is 25.6 Å². The van der Waals surface area contributed by atoms with E-state index < -0.39 is 0 Å². The molecule has 2 aromatic heterocycles. The van der Waals surface area contributed by atoms with Crippen molar-refractivity contribution in [2.24, 2.45) is 0 Å². The van der Waals surface area contributed by atoms with Crippen LogP contribution < -0.4 is 0 Å². The van der Waals surface area contributed by atoms with Crippen LogP contribution in [0.1, 0.15) is 16.7 Å². The quantitative estimate of drug-likeness (QED) is 0.464. The van der Waals surface area contributed by atoms with Gasteiger partial charge in [0, 0.05) is 5.56 Å². The summed E-state index contributed by atoms with van der Waals surface area (Å²) in [7, 11) is 0. The highest BCUT2D eigenvalue weighted by molar-refractivity contribution is 6.41. The molecule has 0 radical (unpaired) electrons. The molecule has 0 spiro atoms. The topological polar surface area (TPSA) is 131 Å². The summed E-state index contributed by atoms with van der Waals surface area (Å²) in [6.45, 7) is -0.943. The molecule has 0 atom stereocenters. The predicted octanol–water partition coefficient (Wildman–Crippen LogP) is 1.65. The summed E-state index contributed by atoms with van der Waals surface area (Å²) in [4.78, 5) is 2.90. The summed E-state index contributed by atoms with van der Waals surface area (Å²) in [6, 6.07) is 3.33. The van der Waals surface area contributed by atoms with Gasteiger partial charge in [-0.1, -0.05) is 35.3 Å². The minimum atomic E-state index is -0.351. The Morgan fingerprint density at radius 1 is 1.00 bits per heavy atom. The first-order valence-electron chi connectivity index (χ1n) is 6.90. The molecule has 0 aliphatic rings. The molecule has 24 heavy (non-hydrogen) atoms. The van der Waals surface area contributed by atoms with Crippen molar-refractivity contribution in [3.05, 3.63) is 39.0 Å². The Hall–Kier alpha value is -1.97. The van der Waals surface area contributed by atoms with Gasteiger partial charge in [0.2, 0.25) is 0 Å². The zero-order valence-corrected chi connectivity index (χ0v) is 13.7. The Morgan fingerprint density at radius 2 is 1.75 bits per heavy atom. The molecule has 10 heteroatoms. The first kappa shape index (κ1) is 16.9. The molecule has 1 aromatic carbocycles. The number of hydrogen-bond acceptors (Lipinski definition) is 6. The van der Waals surface area contributed by atoms with Gasteiger partial charge >= 0.3 is 0 Å². The number of tetrazole rings is 1. The van der Waals surface area contributed by atoms with E-state index in [4.69, 9.17) is 23.2 Å². The zero-order chi connectivity index (χ0) is 17.3. The zero-order valence-electron chi connectivity index (χ0n) is 12.2. The molecule has 3 aromatic rings. The second-order valence-corrected chi connectivity index (χ2v) is 5.71. The van der Waals surface area contributed by atoms with E-state index >= 15 is 0 Å². The van der Waals surface area contributed by atoms with Crippen LogP contribution in [0.5, 0.6) is 0 Å². The summed E-state index contributed by atoms with van der Waals surface area (Å²) < 4.78 is 0. The van der Waals surface area contributed by atoms with E-state index in [1.54, 1.807) is 12.1 Å². The Kier molecular flexibility index (Phi) is 4.83. The lowest BCUT2D eigenvalue weighted by molar-refractivity contribution is 0.248. The minimum Gasteiger partial charge on any atom is -0.392 e. The molecule has 3 rings (SSSR count). The van der Waals surface area contributed by atoms with Gasteiger partial charge in [0.1, 0.15) is 10.8 Å². The number of halogens is 2. The van der Waals surface area contributed by atoms with Crippen molar-refractivity contribution in [2.45, 2.75) is 19.8 Å². The van der Waals surface area contributed by atoms with Gasteiger partial charge in [-0.2, -0.15) is 0 Å². The summed E-state index contributed by atoms with van der Waals surface area (Å²) >= 11 is 12.7. The number of benzene rings is 1. The smallest absolute Gasteiger partial charge is 0.197 e. The molecule has 0 saturated heterocycles. The van der Waals surface area contributed by atoms with Crippen molar-refractivity contribution in [3.8, 4) is 22.6 Å². The van der Waals surface area contributed by atoms with Crippen LogP contribution in [0.2, 0.25) is 10.2 Å². The number of hydrogen-bond donors (Lipinski definition) is 5. The third kappa shape index (κ3) is 2.68. The van der Waals surface area contributed by atoms with Gasteiger partial charge in [-0.05, 0) is 32.7 Å². The Labute approximate surface area is 146 Å². The normalized spacial score (nSPS) is 11.2. The lowest BCUT2D eigenvalue weighted by Gasteiger charge is -2.15. The number of H-pyrrole nitrogens is 2. The fourth-order valence-corrected chi connectivity index (χ4v) is 3.29. The average Bonchev–Trinajstić information content (AvgIpc) is 3.21. The first-order valence-corrected chi connectivity index (χ1v) is 7.65. The standard InChI is InChI=1S/C14H13Cl2N5O3/c15-11-10(13(16)17-12(11)14-18-20-21-19-14)7-2-1-6(3-22)8(4-23)9(7)5-24/h1-2,17,22-24H,3-5H2,(H,18,19,20,21). The van der Waals surface area contributed by atoms with Crippen LogP contribution in [0.4, 0.5) is 0 Å². The molecular weight excluding hydrogens is 357 g/mol. The second-order valence-electron chi connectivity index (χ2n) is 4.96. The van der Waals surface area contributed by atoms with Crippen molar-refractivity contribution in [1.82, 2.24) is 25.6 Å². The number of rotatable bonds is 5. The summed E-state index contributed by atoms with van der Waals surface area (Å²) in [5.41, 5.74) is 2.80. The van der Waals surface area contributed by atoms with E-state index in [0.717, 1.165) is 0 Å². The second kappa shape index (κ2) is 6.88. The summed E-state index contributed by atoms with van der Waals surface area (Å²) in [5.74, 6) is 0.313. The van der Waals surface area contributed by atoms with Crippen molar-refractivity contribution < 1.29 is 15.3 Å². The predicted molar refractivity (Wildman–Crippen MR) is 87.2 cm³/mol. The fraction of sp³-hybridized carbons (Fsp3) is 0.214. The van der Waals surface area contributed by atoms with Crippen molar-refractivity contribution >= 4 is 23.2 Å². The molecule has 0 fully saturated rings. The molecule has 8 nitrogen and oxygen atoms in total. The highest BCUT2D eigenvalue weighted by Crippen LogP contribution is 2.42. The van der Waals surface area contributed by atoms with Crippen LogP contribution in [-0.4, -0.2) is 40.9 Å². The SMILES string of the molecule is OCc1ccc(-c2c(Cl)[nH]c(-c3nnn[nH]3)c2Cl)c(CO)c1CO. The van der Waals surface area contributed by atoms with Gasteiger partial charge in [0.25, 0.3) is 0 Å². The Balaban J connectivity index is 2.23. The van der Waals surface area contributed by atoms with Crippen molar-refractivity contribution in [2.75, 3.05) is 0 Å². The van der Waals surface area contributed by atoms with Gasteiger partial charge < -0.3 is 20.3 Å². The van der Waals surface area contributed by atoms with Crippen LogP contribution in [-0.2, 0) is 19.8 Å². The highest BCUT2D eigenvalue weighted by atomic mass is 35.5. The van der Waals surface area contributed by atoms with Crippen LogP contribution in [0.3, 0.4) is 0 Å². The van der Waals surface area contributed by atoms with E-state index in [-0.39, 0.29) is 30.0 Å². The van der Waals surface area contributed by atoms with Crippen molar-refractivity contribution in [3.63, 3.8) is 0 Å². The molecule has 0 amide bonds. The number of aromatic nitrogens is 5. The van der Waals surface area contributed by atoms with Crippen LogP contribution in [0, 0.1) is 0 Å². The van der Waals surface area contributed by atoms with E-state index in [1.165, 1.54) is 0 Å². The molecule has 0 aliphatic heterocycles. The summed E-state index contributed by atoms with van der Waals surface area (Å²) in [5, 5.41) is 42.6. The van der Waals surface area contributed by atoms with Crippen LogP contribution in [0.25, 0.3) is 22.6 Å². The Morgan fingerprint density at radius 3 is 2.33 bits per heavy atom. The maximum atomic E-state index is 9.76. The number of aliphatic hydroxyl groups excluding tert-OH is 3. The van der Waals surface area contributed by atoms with E-state index in [9.17, 15) is 15.3 Å². The fourth-order valence-electron chi connectivity index (χ4n) is 2.61. The summed E-state index contributed by atoms with van der Waals surface area (Å²) in [6.07, 6.45) is 0. The lowest BCUT2D eigenvalue weighted by atomic mass is 9.93. The van der Waals surface area contributed by atoms with Gasteiger partial charge in [0.05, 0.1) is 24.8 Å². The highest BCUT2D eigenvalue weighted by Gasteiger charge is 2.23. The molecular formula is C14H13Cl2N5O3. The Bertz CT molecular complexity index is 864. The van der Waals surface area contributed by atoms with Crippen molar-refractivity contribution in [1.29, 1.82) is 0 Å². The third-order valence-electron chi connectivity index (χ3n) is 3.76. The van der Waals surface area contributed by atoms with Crippen LogP contribution in [0.15, 0.2) is 12.1 Å². The monoisotopic (exact) mass is 369 g/mol. The number of nitrogens with zero attached hydrogens (tertiary/aromatic N) is 3. The maximum Gasteiger partial charge on any atom is 0.197 e. The lowest BCUT2D eigenvalue weighted by Crippen LogP contribution is -2.03. The van der Waals surface area contributed by atoms with Gasteiger partial charge in [0.15, 0.2) is 5.82 Å². The van der Waals surface area contributed by atoms with E-state index in [1.807, 2.05) is 0 Å². The number of aromatic amines is 2. The minimum absolute atomic E-state index is 0.238. The first-order chi connectivity index (χ1) is 11.6. The molecule has 0 bridgehead atoms. The molecule has 2 heterocycles. The largest absolute Gasteiger partial charge is 0.392 e. The molecule has 0 unspecified atom stereocenters. The number of aliphatic hydroxyl groups is 3. The average molecular weight is 370 g/mol. The molecule has 0 saturated carbocycles. The van der Waals surface area contributed by atoms with Gasteiger partial charge in [-0.15, -0.1) is 5.10 Å². The third-order valence-corrected chi connectivity index (χ3v) is 4.42. The van der Waals surface area contributed by atoms with Gasteiger partial charge in [-0.25, -0.2) is 5.10 Å². The molecule has 0 aliphatic carbocycles. The van der Waals surface area contributed by atoms with E-state index in [0.29, 0.717) is 39.3 Å². The molecule has 126 valence electrons. The maximum absolute atomic E-state index is 9.76. The van der Waals surface area contributed by atoms with Gasteiger partial charge in [-0.3, -0.25) is 0 Å². The van der Waals surface area contributed by atoms with Crippen LogP contribution >= 0.6 is 23.2 Å².